The number of benzene rings is 1. The molecule has 0 bridgehead atoms. The van der Waals surface area contributed by atoms with Crippen LogP contribution in [0.25, 0.3) is 0 Å². The van der Waals surface area contributed by atoms with E-state index in [-0.39, 0.29) is 11.3 Å². The third kappa shape index (κ3) is 2.82. The molecule has 5 heteroatoms. The van der Waals surface area contributed by atoms with E-state index in [1.165, 1.54) is 29.1 Å². The second-order valence-electron chi connectivity index (χ2n) is 5.29. The topological polar surface area (TPSA) is 57.6 Å². The van der Waals surface area contributed by atoms with Crippen LogP contribution in [0.2, 0.25) is 0 Å². The summed E-state index contributed by atoms with van der Waals surface area (Å²) in [5.74, 6) is -0.240. The Kier molecular flexibility index (Phi) is 4.38. The number of hydrogen-bond donors (Lipinski definition) is 1. The summed E-state index contributed by atoms with van der Waals surface area (Å²) in [4.78, 5) is 24.5. The van der Waals surface area contributed by atoms with Crippen molar-refractivity contribution in [1.29, 1.82) is 0 Å². The maximum Gasteiger partial charge on any atom is 0.327 e. The van der Waals surface area contributed by atoms with Gasteiger partial charge in [-0.25, -0.2) is 4.79 Å². The zero-order valence-corrected chi connectivity index (χ0v) is 12.7. The maximum absolute atomic E-state index is 11.8. The van der Waals surface area contributed by atoms with E-state index in [1.54, 1.807) is 0 Å². The SMILES string of the molecule is CC(=O)N1C(C(=O)O)CSC1c1ccc(C(C)C)cc1. The lowest BCUT2D eigenvalue weighted by atomic mass is 10.0. The minimum Gasteiger partial charge on any atom is -0.480 e. The Bertz CT molecular complexity index is 512. The predicted octanol–water partition coefficient (Wildman–Crippen LogP) is 2.86. The molecule has 1 saturated heterocycles. The fraction of sp³-hybridized carbons (Fsp3) is 0.467. The van der Waals surface area contributed by atoms with Crippen LogP contribution in [0.1, 0.15) is 43.2 Å². The summed E-state index contributed by atoms with van der Waals surface area (Å²) in [6, 6.07) is 7.35. The van der Waals surface area contributed by atoms with E-state index in [0.29, 0.717) is 11.7 Å². The lowest BCUT2D eigenvalue weighted by Crippen LogP contribution is -2.41. The Labute approximate surface area is 123 Å². The summed E-state index contributed by atoms with van der Waals surface area (Å²) in [7, 11) is 0. The van der Waals surface area contributed by atoms with Gasteiger partial charge in [-0.2, -0.15) is 0 Å². The van der Waals surface area contributed by atoms with Gasteiger partial charge in [0.2, 0.25) is 5.91 Å². The number of nitrogens with zero attached hydrogens (tertiary/aromatic N) is 1. The van der Waals surface area contributed by atoms with Gasteiger partial charge < -0.3 is 10.0 Å². The average Bonchev–Trinajstić information content (AvgIpc) is 2.83. The molecule has 0 aliphatic carbocycles. The van der Waals surface area contributed by atoms with Crippen molar-refractivity contribution in [1.82, 2.24) is 4.90 Å². The molecule has 1 N–H and O–H groups in total. The van der Waals surface area contributed by atoms with Crippen LogP contribution >= 0.6 is 11.8 Å². The lowest BCUT2D eigenvalue weighted by molar-refractivity contribution is -0.148. The highest BCUT2D eigenvalue weighted by atomic mass is 32.2. The minimum atomic E-state index is -0.936. The first-order chi connectivity index (χ1) is 9.41. The van der Waals surface area contributed by atoms with E-state index in [1.807, 2.05) is 24.3 Å². The number of carbonyl (C=O) groups is 2. The Balaban J connectivity index is 2.27. The molecule has 20 heavy (non-hydrogen) atoms. The van der Waals surface area contributed by atoms with Crippen molar-refractivity contribution in [3.05, 3.63) is 35.4 Å². The molecule has 0 saturated carbocycles. The Hall–Kier alpha value is -1.49. The van der Waals surface area contributed by atoms with E-state index < -0.39 is 12.0 Å². The zero-order valence-electron chi connectivity index (χ0n) is 11.9. The monoisotopic (exact) mass is 293 g/mol. The van der Waals surface area contributed by atoms with Crippen molar-refractivity contribution in [2.24, 2.45) is 0 Å². The van der Waals surface area contributed by atoms with Crippen LogP contribution in [0.3, 0.4) is 0 Å². The molecule has 0 aromatic heterocycles. The number of rotatable bonds is 3. The molecular formula is C15H19NO3S. The van der Waals surface area contributed by atoms with Gasteiger partial charge in [-0.15, -0.1) is 11.8 Å². The van der Waals surface area contributed by atoms with Crippen LogP contribution in [-0.4, -0.2) is 33.7 Å². The molecule has 1 aromatic carbocycles. The van der Waals surface area contributed by atoms with Gasteiger partial charge in [0, 0.05) is 12.7 Å². The van der Waals surface area contributed by atoms with Crippen molar-refractivity contribution in [2.75, 3.05) is 5.75 Å². The van der Waals surface area contributed by atoms with Crippen molar-refractivity contribution < 1.29 is 14.7 Å². The lowest BCUT2D eigenvalue weighted by Gasteiger charge is -2.26. The molecule has 0 spiro atoms. The highest BCUT2D eigenvalue weighted by molar-refractivity contribution is 7.99. The molecule has 1 amide bonds. The Morgan fingerprint density at radius 3 is 2.35 bits per heavy atom. The third-order valence-corrected chi connectivity index (χ3v) is 4.86. The predicted molar refractivity (Wildman–Crippen MR) is 79.7 cm³/mol. The van der Waals surface area contributed by atoms with Crippen LogP contribution in [0.4, 0.5) is 0 Å². The zero-order chi connectivity index (χ0) is 14.9. The molecule has 1 aromatic rings. The van der Waals surface area contributed by atoms with Crippen LogP contribution in [0, 0.1) is 0 Å². The number of carboxylic acids is 1. The second kappa shape index (κ2) is 5.87. The van der Waals surface area contributed by atoms with Crippen molar-refractivity contribution in [3.63, 3.8) is 0 Å². The van der Waals surface area contributed by atoms with Gasteiger partial charge in [-0.3, -0.25) is 4.79 Å². The van der Waals surface area contributed by atoms with Gasteiger partial charge >= 0.3 is 5.97 Å². The second-order valence-corrected chi connectivity index (χ2v) is 6.40. The molecule has 2 atom stereocenters. The molecule has 0 radical (unpaired) electrons. The third-order valence-electron chi connectivity index (χ3n) is 3.54. The molecular weight excluding hydrogens is 274 g/mol. The summed E-state index contributed by atoms with van der Waals surface area (Å²) in [5, 5.41) is 9.01. The number of thioether (sulfide) groups is 1. The number of amides is 1. The van der Waals surface area contributed by atoms with E-state index in [4.69, 9.17) is 0 Å². The quantitative estimate of drug-likeness (QED) is 0.931. The maximum atomic E-state index is 11.8. The first-order valence-corrected chi connectivity index (χ1v) is 7.70. The molecule has 1 aliphatic heterocycles. The molecule has 108 valence electrons. The summed E-state index contributed by atoms with van der Waals surface area (Å²) >= 11 is 1.51. The van der Waals surface area contributed by atoms with Crippen molar-refractivity contribution in [3.8, 4) is 0 Å². The van der Waals surface area contributed by atoms with Gasteiger partial charge in [0.1, 0.15) is 11.4 Å². The van der Waals surface area contributed by atoms with Gasteiger partial charge in [0.05, 0.1) is 0 Å². The molecule has 2 rings (SSSR count). The van der Waals surface area contributed by atoms with Gasteiger partial charge in [0.25, 0.3) is 0 Å². The summed E-state index contributed by atoms with van der Waals surface area (Å²) in [6.45, 7) is 5.68. The van der Waals surface area contributed by atoms with Crippen LogP contribution in [0.5, 0.6) is 0 Å². The van der Waals surface area contributed by atoms with Gasteiger partial charge in [-0.05, 0) is 17.0 Å². The van der Waals surface area contributed by atoms with Crippen molar-refractivity contribution >= 4 is 23.6 Å². The number of carbonyl (C=O) groups excluding carboxylic acids is 1. The molecule has 2 unspecified atom stereocenters. The fourth-order valence-electron chi connectivity index (χ4n) is 2.38. The van der Waals surface area contributed by atoms with E-state index >= 15 is 0 Å². The smallest absolute Gasteiger partial charge is 0.327 e. The average molecular weight is 293 g/mol. The Morgan fingerprint density at radius 1 is 1.30 bits per heavy atom. The largest absolute Gasteiger partial charge is 0.480 e. The molecule has 1 fully saturated rings. The minimum absolute atomic E-state index is 0.194. The van der Waals surface area contributed by atoms with E-state index in [9.17, 15) is 14.7 Å². The van der Waals surface area contributed by atoms with Crippen LogP contribution in [0.15, 0.2) is 24.3 Å². The van der Waals surface area contributed by atoms with Gasteiger partial charge in [-0.1, -0.05) is 38.1 Å². The number of carboxylic acid groups (broad SMARTS) is 1. The highest BCUT2D eigenvalue weighted by Crippen LogP contribution is 2.41. The highest BCUT2D eigenvalue weighted by Gasteiger charge is 2.40. The first kappa shape index (κ1) is 14.9. The Morgan fingerprint density at radius 2 is 1.90 bits per heavy atom. The summed E-state index contributed by atoms with van der Waals surface area (Å²) < 4.78 is 0. The summed E-state index contributed by atoms with van der Waals surface area (Å²) in [6.07, 6.45) is 0. The van der Waals surface area contributed by atoms with E-state index in [2.05, 4.69) is 13.8 Å². The summed E-state index contributed by atoms with van der Waals surface area (Å²) in [5.41, 5.74) is 2.22. The molecule has 1 heterocycles. The van der Waals surface area contributed by atoms with Crippen LogP contribution in [-0.2, 0) is 9.59 Å². The van der Waals surface area contributed by atoms with Gasteiger partial charge in [0.15, 0.2) is 0 Å². The molecule has 1 aliphatic rings. The van der Waals surface area contributed by atoms with Crippen molar-refractivity contribution in [2.45, 2.75) is 38.1 Å². The molecule has 4 nitrogen and oxygen atoms in total. The van der Waals surface area contributed by atoms with Crippen LogP contribution < -0.4 is 0 Å². The normalized spacial score (nSPS) is 22.3. The standard InChI is InChI=1S/C15H19NO3S/c1-9(2)11-4-6-12(7-5-11)14-16(10(3)17)13(8-20-14)15(18)19/h4-7,9,13-14H,8H2,1-3H3,(H,18,19). The number of aliphatic carboxylic acids is 1. The fourth-order valence-corrected chi connectivity index (χ4v) is 3.86. The number of hydrogen-bond acceptors (Lipinski definition) is 3. The van der Waals surface area contributed by atoms with E-state index in [0.717, 1.165) is 5.56 Å². The first-order valence-electron chi connectivity index (χ1n) is 6.65.